The van der Waals surface area contributed by atoms with Crippen LogP contribution in [-0.4, -0.2) is 28.2 Å². The maximum atomic E-state index is 10.8. The number of aliphatic hydroxyl groups is 1. The molecule has 7 nitrogen and oxygen atoms in total. The molecule has 0 bridgehead atoms. The number of methoxy groups -OCH3 is 1. The monoisotopic (exact) mass is 305 g/mol. The number of aliphatic hydroxyl groups excluding tert-OH is 1. The average Bonchev–Trinajstić information content (AvgIpc) is 2.26. The molecule has 0 amide bonds. The van der Waals surface area contributed by atoms with Crippen LogP contribution in [0.5, 0.6) is 5.75 Å². The summed E-state index contributed by atoms with van der Waals surface area (Å²) in [6.07, 6.45) is -1.89. The average molecular weight is 306 g/mol. The molecule has 0 aliphatic carbocycles. The van der Waals surface area contributed by atoms with E-state index in [1.54, 1.807) is 0 Å². The van der Waals surface area contributed by atoms with Gasteiger partial charge in [0.15, 0.2) is 6.10 Å². The van der Waals surface area contributed by atoms with Gasteiger partial charge in [-0.1, -0.05) is 15.9 Å². The van der Waals surface area contributed by atoms with Gasteiger partial charge in [0.1, 0.15) is 0 Å². The molecule has 0 saturated heterocycles. The minimum atomic E-state index is -1.89. The third-order valence-electron chi connectivity index (χ3n) is 1.99. The quantitative estimate of drug-likeness (QED) is 0.644. The van der Waals surface area contributed by atoms with Crippen molar-refractivity contribution in [3.63, 3.8) is 0 Å². The first-order chi connectivity index (χ1) is 7.88. The number of aliphatic carboxylic acids is 1. The Hall–Kier alpha value is -1.67. The molecule has 17 heavy (non-hydrogen) atoms. The maximum absolute atomic E-state index is 10.8. The number of nitro benzene ring substituents is 1. The minimum absolute atomic E-state index is 0.180. The summed E-state index contributed by atoms with van der Waals surface area (Å²) >= 11 is 3.00. The zero-order valence-electron chi connectivity index (χ0n) is 8.58. The maximum Gasteiger partial charge on any atom is 0.337 e. The van der Waals surface area contributed by atoms with Crippen LogP contribution in [0.1, 0.15) is 11.7 Å². The van der Waals surface area contributed by atoms with E-state index in [9.17, 15) is 20.0 Å². The molecule has 0 aliphatic rings. The summed E-state index contributed by atoms with van der Waals surface area (Å²) in [5, 5.41) is 28.9. The molecule has 1 atom stereocenters. The van der Waals surface area contributed by atoms with E-state index in [1.165, 1.54) is 6.07 Å². The molecule has 0 aromatic heterocycles. The van der Waals surface area contributed by atoms with E-state index in [0.29, 0.717) is 0 Å². The Morgan fingerprint density at radius 1 is 1.59 bits per heavy atom. The highest BCUT2D eigenvalue weighted by molar-refractivity contribution is 9.10. The van der Waals surface area contributed by atoms with Gasteiger partial charge in [-0.3, -0.25) is 10.1 Å². The Kier molecular flexibility index (Phi) is 4.02. The summed E-state index contributed by atoms with van der Waals surface area (Å²) in [5.74, 6) is -1.79. The first-order valence-corrected chi connectivity index (χ1v) is 5.10. The zero-order valence-corrected chi connectivity index (χ0v) is 10.2. The highest BCUT2D eigenvalue weighted by Crippen LogP contribution is 2.37. The lowest BCUT2D eigenvalue weighted by Gasteiger charge is -2.11. The molecule has 0 spiro atoms. The molecule has 1 rings (SSSR count). The van der Waals surface area contributed by atoms with Crippen LogP contribution in [0.15, 0.2) is 16.6 Å². The predicted molar refractivity (Wildman–Crippen MR) is 59.9 cm³/mol. The third-order valence-corrected chi connectivity index (χ3v) is 2.45. The molecule has 0 radical (unpaired) electrons. The summed E-state index contributed by atoms with van der Waals surface area (Å²) in [5.41, 5.74) is -0.599. The van der Waals surface area contributed by atoms with Crippen molar-refractivity contribution in [2.24, 2.45) is 0 Å². The molecule has 1 aromatic rings. The van der Waals surface area contributed by atoms with Crippen molar-refractivity contribution in [2.45, 2.75) is 6.10 Å². The van der Waals surface area contributed by atoms with E-state index in [-0.39, 0.29) is 15.8 Å². The Balaban J connectivity index is 3.48. The summed E-state index contributed by atoms with van der Waals surface area (Å²) in [7, 11) is 1.16. The van der Waals surface area contributed by atoms with Crippen molar-refractivity contribution < 1.29 is 24.7 Å². The summed E-state index contributed by atoms with van der Waals surface area (Å²) in [6, 6.07) is 2.42. The highest BCUT2D eigenvalue weighted by Gasteiger charge is 2.27. The molecule has 0 saturated carbocycles. The largest absolute Gasteiger partial charge is 0.490 e. The Morgan fingerprint density at radius 2 is 2.18 bits per heavy atom. The molecular weight excluding hydrogens is 298 g/mol. The fraction of sp³-hybridized carbons (Fsp3) is 0.222. The standard InChI is InChI=1S/C9H8BrNO6/c1-17-8-5(7(12)9(13)14)2-4(10)3-6(8)11(15)16/h2-3,7,12H,1H3,(H,13,14). The predicted octanol–water partition coefficient (Wildman–Crippen LogP) is 1.48. The van der Waals surface area contributed by atoms with E-state index in [2.05, 4.69) is 15.9 Å². The molecule has 2 N–H and O–H groups in total. The number of carboxylic acid groups (broad SMARTS) is 1. The lowest BCUT2D eigenvalue weighted by Crippen LogP contribution is -2.12. The molecule has 0 heterocycles. The van der Waals surface area contributed by atoms with Gasteiger partial charge in [0.05, 0.1) is 12.0 Å². The third kappa shape index (κ3) is 2.71. The van der Waals surface area contributed by atoms with Crippen LogP contribution in [-0.2, 0) is 4.79 Å². The summed E-state index contributed by atoms with van der Waals surface area (Å²) in [6.45, 7) is 0. The van der Waals surface area contributed by atoms with Gasteiger partial charge in [-0.25, -0.2) is 4.79 Å². The minimum Gasteiger partial charge on any atom is -0.490 e. The van der Waals surface area contributed by atoms with Crippen LogP contribution in [0.2, 0.25) is 0 Å². The molecule has 0 aliphatic heterocycles. The van der Waals surface area contributed by atoms with Crippen molar-refractivity contribution in [1.82, 2.24) is 0 Å². The normalized spacial score (nSPS) is 11.9. The molecule has 0 fully saturated rings. The van der Waals surface area contributed by atoms with E-state index >= 15 is 0 Å². The number of halogens is 1. The van der Waals surface area contributed by atoms with Gasteiger partial charge in [-0.15, -0.1) is 0 Å². The van der Waals surface area contributed by atoms with Crippen LogP contribution >= 0.6 is 15.9 Å². The number of hydrogen-bond acceptors (Lipinski definition) is 5. The number of carbonyl (C=O) groups is 1. The number of benzene rings is 1. The number of nitro groups is 1. The highest BCUT2D eigenvalue weighted by atomic mass is 79.9. The smallest absolute Gasteiger partial charge is 0.337 e. The van der Waals surface area contributed by atoms with Crippen molar-refractivity contribution in [1.29, 1.82) is 0 Å². The topological polar surface area (TPSA) is 110 Å². The Bertz CT molecular complexity index is 475. The van der Waals surface area contributed by atoms with Gasteiger partial charge < -0.3 is 14.9 Å². The molecule has 1 aromatic carbocycles. The van der Waals surface area contributed by atoms with E-state index in [0.717, 1.165) is 13.2 Å². The number of carboxylic acids is 1. The zero-order chi connectivity index (χ0) is 13.2. The van der Waals surface area contributed by atoms with Gasteiger partial charge >= 0.3 is 11.7 Å². The van der Waals surface area contributed by atoms with Crippen molar-refractivity contribution >= 4 is 27.6 Å². The number of ether oxygens (including phenoxy) is 1. The molecule has 1 unspecified atom stereocenters. The van der Waals surface area contributed by atoms with Gasteiger partial charge in [-0.05, 0) is 6.07 Å². The SMILES string of the molecule is COc1c(C(O)C(=O)O)cc(Br)cc1[N+](=O)[O-]. The van der Waals surface area contributed by atoms with Crippen LogP contribution in [0.3, 0.4) is 0 Å². The lowest BCUT2D eigenvalue weighted by atomic mass is 10.1. The van der Waals surface area contributed by atoms with Crippen LogP contribution in [0.4, 0.5) is 5.69 Å². The Labute approximate surface area is 104 Å². The van der Waals surface area contributed by atoms with Crippen molar-refractivity contribution in [3.05, 3.63) is 32.3 Å². The molecule has 8 heteroatoms. The van der Waals surface area contributed by atoms with Crippen LogP contribution < -0.4 is 4.74 Å². The Morgan fingerprint density at radius 3 is 2.59 bits per heavy atom. The van der Waals surface area contributed by atoms with E-state index in [1.807, 2.05) is 0 Å². The first-order valence-electron chi connectivity index (χ1n) is 4.31. The molecule has 92 valence electrons. The number of hydrogen-bond donors (Lipinski definition) is 2. The summed E-state index contributed by atoms with van der Waals surface area (Å²) < 4.78 is 5.06. The van der Waals surface area contributed by atoms with Gasteiger partial charge in [-0.2, -0.15) is 0 Å². The van der Waals surface area contributed by atoms with Crippen molar-refractivity contribution in [2.75, 3.05) is 7.11 Å². The second-order valence-corrected chi connectivity index (χ2v) is 3.96. The first kappa shape index (κ1) is 13.4. The second kappa shape index (κ2) is 5.11. The number of rotatable bonds is 4. The van der Waals surface area contributed by atoms with E-state index < -0.39 is 22.7 Å². The fourth-order valence-electron chi connectivity index (χ4n) is 1.29. The van der Waals surface area contributed by atoms with Crippen LogP contribution in [0.25, 0.3) is 0 Å². The summed E-state index contributed by atoms with van der Waals surface area (Å²) in [4.78, 5) is 20.7. The fourth-order valence-corrected chi connectivity index (χ4v) is 1.76. The van der Waals surface area contributed by atoms with E-state index in [4.69, 9.17) is 9.84 Å². The van der Waals surface area contributed by atoms with Gasteiger partial charge in [0, 0.05) is 16.1 Å². The van der Waals surface area contributed by atoms with Crippen LogP contribution in [0, 0.1) is 10.1 Å². The van der Waals surface area contributed by atoms with Gasteiger partial charge in [0.2, 0.25) is 5.75 Å². The lowest BCUT2D eigenvalue weighted by molar-refractivity contribution is -0.385. The molecular formula is C9H8BrNO6. The second-order valence-electron chi connectivity index (χ2n) is 3.05. The van der Waals surface area contributed by atoms with Gasteiger partial charge in [0.25, 0.3) is 0 Å². The number of nitrogens with zero attached hydrogens (tertiary/aromatic N) is 1. The van der Waals surface area contributed by atoms with Crippen molar-refractivity contribution in [3.8, 4) is 5.75 Å².